The van der Waals surface area contributed by atoms with Crippen LogP contribution in [-0.2, 0) is 0 Å². The summed E-state index contributed by atoms with van der Waals surface area (Å²) in [5, 5.41) is 14.8. The van der Waals surface area contributed by atoms with Crippen LogP contribution in [0.15, 0.2) is 24.3 Å². The van der Waals surface area contributed by atoms with Crippen molar-refractivity contribution in [1.82, 2.24) is 10.6 Å². The Morgan fingerprint density at radius 3 is 2.68 bits per heavy atom. The molecule has 0 unspecified atom stereocenters. The number of benzene rings is 1. The number of nitrogens with one attached hydrogen (secondary N) is 2. The van der Waals surface area contributed by atoms with E-state index < -0.39 is 0 Å². The Kier molecular flexibility index (Phi) is 5.66. The Labute approximate surface area is 132 Å². The molecule has 5 heteroatoms. The van der Waals surface area contributed by atoms with Crippen molar-refractivity contribution in [3.05, 3.63) is 29.8 Å². The van der Waals surface area contributed by atoms with Gasteiger partial charge >= 0.3 is 6.03 Å². The zero-order valence-electron chi connectivity index (χ0n) is 13.4. The molecule has 1 saturated carbocycles. The average molecular weight is 306 g/mol. The summed E-state index contributed by atoms with van der Waals surface area (Å²) < 4.78 is 5.75. The zero-order valence-corrected chi connectivity index (χ0v) is 13.4. The standard InChI is InChI=1S/C17H26N2O3/c1-13(2)14-5-3-4-6-15(14)22-10-9-18-16(21)19-11-17(12-20)7-8-17/h3-6,13,20H,7-12H2,1-2H3,(H2,18,19,21). The van der Waals surface area contributed by atoms with Gasteiger partial charge in [-0.2, -0.15) is 0 Å². The number of amides is 2. The van der Waals surface area contributed by atoms with Crippen molar-refractivity contribution in [2.75, 3.05) is 26.3 Å². The van der Waals surface area contributed by atoms with Gasteiger partial charge in [0.2, 0.25) is 0 Å². The average Bonchev–Trinajstić information content (AvgIpc) is 3.30. The van der Waals surface area contributed by atoms with Crippen LogP contribution < -0.4 is 15.4 Å². The Bertz CT molecular complexity index is 498. The molecule has 3 N–H and O–H groups in total. The number of rotatable bonds is 8. The summed E-state index contributed by atoms with van der Waals surface area (Å²) in [6.45, 7) is 5.81. The Morgan fingerprint density at radius 2 is 2.05 bits per heavy atom. The second-order valence-corrected chi connectivity index (χ2v) is 6.31. The van der Waals surface area contributed by atoms with Gasteiger partial charge in [0.05, 0.1) is 13.2 Å². The summed E-state index contributed by atoms with van der Waals surface area (Å²) >= 11 is 0. The van der Waals surface area contributed by atoms with Crippen LogP contribution in [0.3, 0.4) is 0 Å². The normalized spacial score (nSPS) is 15.5. The topological polar surface area (TPSA) is 70.6 Å². The third-order valence-corrected chi connectivity index (χ3v) is 4.10. The van der Waals surface area contributed by atoms with Crippen molar-refractivity contribution in [2.24, 2.45) is 5.41 Å². The van der Waals surface area contributed by atoms with Gasteiger partial charge in [0.1, 0.15) is 12.4 Å². The largest absolute Gasteiger partial charge is 0.491 e. The maximum Gasteiger partial charge on any atom is 0.314 e. The lowest BCUT2D eigenvalue weighted by Crippen LogP contribution is -2.41. The molecule has 0 atom stereocenters. The second kappa shape index (κ2) is 7.49. The summed E-state index contributed by atoms with van der Waals surface area (Å²) in [7, 11) is 0. The fraction of sp³-hybridized carbons (Fsp3) is 0.588. The number of aliphatic hydroxyl groups excluding tert-OH is 1. The van der Waals surface area contributed by atoms with Gasteiger partial charge in [-0.05, 0) is 30.4 Å². The zero-order chi connectivity index (χ0) is 16.0. The van der Waals surface area contributed by atoms with Crippen molar-refractivity contribution >= 4 is 6.03 Å². The smallest absolute Gasteiger partial charge is 0.314 e. The van der Waals surface area contributed by atoms with E-state index in [0.717, 1.165) is 18.6 Å². The van der Waals surface area contributed by atoms with Crippen molar-refractivity contribution in [2.45, 2.75) is 32.6 Å². The van der Waals surface area contributed by atoms with Crippen LogP contribution in [0.25, 0.3) is 0 Å². The molecule has 0 aliphatic heterocycles. The minimum atomic E-state index is -0.208. The van der Waals surface area contributed by atoms with Gasteiger partial charge in [0, 0.05) is 12.0 Å². The van der Waals surface area contributed by atoms with E-state index in [1.54, 1.807) is 0 Å². The molecule has 122 valence electrons. The molecular formula is C17H26N2O3. The first-order valence-electron chi connectivity index (χ1n) is 7.91. The SMILES string of the molecule is CC(C)c1ccccc1OCCNC(=O)NCC1(CO)CC1. The van der Waals surface area contributed by atoms with Crippen LogP contribution in [-0.4, -0.2) is 37.4 Å². The van der Waals surface area contributed by atoms with Crippen LogP contribution in [0, 0.1) is 5.41 Å². The van der Waals surface area contributed by atoms with Crippen molar-refractivity contribution < 1.29 is 14.6 Å². The summed E-state index contributed by atoms with van der Waals surface area (Å²) in [4.78, 5) is 11.7. The molecule has 0 spiro atoms. The van der Waals surface area contributed by atoms with Crippen molar-refractivity contribution in [1.29, 1.82) is 0 Å². The van der Waals surface area contributed by atoms with Gasteiger partial charge in [-0.3, -0.25) is 0 Å². The van der Waals surface area contributed by atoms with Crippen LogP contribution in [0.5, 0.6) is 5.75 Å². The second-order valence-electron chi connectivity index (χ2n) is 6.31. The highest BCUT2D eigenvalue weighted by Gasteiger charge is 2.42. The lowest BCUT2D eigenvalue weighted by Gasteiger charge is -2.15. The molecule has 0 heterocycles. The monoisotopic (exact) mass is 306 g/mol. The van der Waals surface area contributed by atoms with Crippen LogP contribution in [0.1, 0.15) is 38.2 Å². The summed E-state index contributed by atoms with van der Waals surface area (Å²) in [6.07, 6.45) is 1.97. The highest BCUT2D eigenvalue weighted by molar-refractivity contribution is 5.73. The fourth-order valence-corrected chi connectivity index (χ4v) is 2.31. The van der Waals surface area contributed by atoms with E-state index >= 15 is 0 Å². The van der Waals surface area contributed by atoms with Gasteiger partial charge in [-0.1, -0.05) is 32.0 Å². The molecule has 1 fully saturated rings. The first kappa shape index (κ1) is 16.6. The minimum Gasteiger partial charge on any atom is -0.491 e. The third kappa shape index (κ3) is 4.63. The van der Waals surface area contributed by atoms with Crippen molar-refractivity contribution in [3.8, 4) is 5.75 Å². The molecule has 2 rings (SSSR count). The van der Waals surface area contributed by atoms with Crippen LogP contribution in [0.2, 0.25) is 0 Å². The molecule has 1 aromatic carbocycles. The molecule has 1 aliphatic carbocycles. The molecule has 0 aromatic heterocycles. The number of ether oxygens (including phenoxy) is 1. The van der Waals surface area contributed by atoms with E-state index in [0.29, 0.717) is 25.6 Å². The summed E-state index contributed by atoms with van der Waals surface area (Å²) in [5.74, 6) is 1.28. The Hall–Kier alpha value is -1.75. The number of hydrogen-bond donors (Lipinski definition) is 3. The maximum atomic E-state index is 11.7. The molecule has 0 bridgehead atoms. The van der Waals surface area contributed by atoms with Crippen LogP contribution >= 0.6 is 0 Å². The molecule has 5 nitrogen and oxygen atoms in total. The maximum absolute atomic E-state index is 11.7. The number of carbonyl (C=O) groups excluding carboxylic acids is 1. The van der Waals surface area contributed by atoms with E-state index in [2.05, 4.69) is 30.5 Å². The van der Waals surface area contributed by atoms with E-state index in [1.807, 2.05) is 18.2 Å². The highest BCUT2D eigenvalue weighted by atomic mass is 16.5. The van der Waals surface area contributed by atoms with Gasteiger partial charge in [-0.15, -0.1) is 0 Å². The Balaban J connectivity index is 1.66. The molecule has 1 aromatic rings. The van der Waals surface area contributed by atoms with E-state index in [-0.39, 0.29) is 18.1 Å². The molecule has 0 radical (unpaired) electrons. The van der Waals surface area contributed by atoms with Crippen molar-refractivity contribution in [3.63, 3.8) is 0 Å². The lowest BCUT2D eigenvalue weighted by atomic mass is 10.0. The van der Waals surface area contributed by atoms with Gasteiger partial charge in [0.15, 0.2) is 0 Å². The Morgan fingerprint density at radius 1 is 1.32 bits per heavy atom. The number of urea groups is 1. The van der Waals surface area contributed by atoms with Gasteiger partial charge in [0.25, 0.3) is 0 Å². The summed E-state index contributed by atoms with van der Waals surface area (Å²) in [6, 6.07) is 7.76. The lowest BCUT2D eigenvalue weighted by molar-refractivity contribution is 0.202. The predicted octanol–water partition coefficient (Wildman–Crippen LogP) is 2.26. The van der Waals surface area contributed by atoms with E-state index in [1.165, 1.54) is 5.56 Å². The number of carbonyl (C=O) groups is 1. The third-order valence-electron chi connectivity index (χ3n) is 4.10. The van der Waals surface area contributed by atoms with Gasteiger partial charge in [-0.25, -0.2) is 4.79 Å². The predicted molar refractivity (Wildman–Crippen MR) is 86.2 cm³/mol. The quantitative estimate of drug-likeness (QED) is 0.645. The molecule has 2 amide bonds. The minimum absolute atomic E-state index is 0.0654. The highest BCUT2D eigenvalue weighted by Crippen LogP contribution is 2.44. The molecule has 0 saturated heterocycles. The first-order chi connectivity index (χ1) is 10.6. The number of aliphatic hydroxyl groups is 1. The molecule has 1 aliphatic rings. The van der Waals surface area contributed by atoms with Gasteiger partial charge < -0.3 is 20.5 Å². The van der Waals surface area contributed by atoms with E-state index in [4.69, 9.17) is 4.74 Å². The molecule has 22 heavy (non-hydrogen) atoms. The number of hydrogen-bond acceptors (Lipinski definition) is 3. The van der Waals surface area contributed by atoms with Crippen LogP contribution in [0.4, 0.5) is 4.79 Å². The summed E-state index contributed by atoms with van der Waals surface area (Å²) in [5.41, 5.74) is 1.11. The fourth-order valence-electron chi connectivity index (χ4n) is 2.31. The first-order valence-corrected chi connectivity index (χ1v) is 7.91. The molecular weight excluding hydrogens is 280 g/mol. The van der Waals surface area contributed by atoms with E-state index in [9.17, 15) is 9.90 Å². The number of para-hydroxylation sites is 1.